The minimum Gasteiger partial charge on any atom is -0.872 e. The third-order valence-electron chi connectivity index (χ3n) is 7.89. The van der Waals surface area contributed by atoms with Crippen LogP contribution in [0, 0.1) is 37.3 Å². The van der Waals surface area contributed by atoms with Crippen molar-refractivity contribution in [2.75, 3.05) is 0 Å². The first-order valence-electron chi connectivity index (χ1n) is 16.3. The van der Waals surface area contributed by atoms with Gasteiger partial charge in [-0.25, -0.2) is 0 Å². The van der Waals surface area contributed by atoms with Crippen LogP contribution in [0.3, 0.4) is 0 Å². The van der Waals surface area contributed by atoms with Gasteiger partial charge in [-0.05, 0) is 32.5 Å². The monoisotopic (exact) mass is 781 g/mol. The van der Waals surface area contributed by atoms with Crippen molar-refractivity contribution in [1.82, 2.24) is 0 Å². The molecular formula is C42H63ErO3. The first kappa shape index (κ1) is 44.3. The van der Waals surface area contributed by atoms with E-state index >= 15 is 0 Å². The van der Waals surface area contributed by atoms with E-state index in [9.17, 15) is 15.3 Å². The van der Waals surface area contributed by atoms with E-state index in [4.69, 9.17) is 0 Å². The van der Waals surface area contributed by atoms with Crippen LogP contribution in [-0.2, 0) is 32.5 Å². The molecule has 3 nitrogen and oxygen atoms in total. The summed E-state index contributed by atoms with van der Waals surface area (Å²) in [5.74, 6) is 0.618. The summed E-state index contributed by atoms with van der Waals surface area (Å²) in [4.78, 5) is 0. The molecule has 3 rings (SSSR count). The molecule has 0 atom stereocenters. The SMILES string of the molecule is CC(C)(C)c1cccc(C(C)(C)C)c1[O-].CC(C)(C)c1cccc(C(C)(C)C)c1[O-].CC(C)(C)c1cccc(C(C)(C)C)c1[O-].[Er+3]. The van der Waals surface area contributed by atoms with E-state index < -0.39 is 0 Å². The van der Waals surface area contributed by atoms with Crippen LogP contribution in [-0.4, -0.2) is 0 Å². The van der Waals surface area contributed by atoms with Gasteiger partial charge in [0.1, 0.15) is 0 Å². The van der Waals surface area contributed by atoms with Crippen molar-refractivity contribution in [3.05, 3.63) is 88.0 Å². The molecule has 0 unspecified atom stereocenters. The standard InChI is InChI=1S/3C14H22O.Er/c3*1-13(2,3)10-8-7-9-11(12(10)15)14(4,5)6;/h3*7-9,15H,1-6H3;/q;;;+3/p-3. The zero-order valence-electron chi connectivity index (χ0n) is 32.2. The molecule has 1 radical (unpaired) electrons. The molecule has 0 N–H and O–H groups in total. The number of rotatable bonds is 0. The molecule has 3 aromatic rings. The molecule has 0 aliphatic rings. The largest absolute Gasteiger partial charge is 3.00 e. The van der Waals surface area contributed by atoms with Crippen molar-refractivity contribution in [1.29, 1.82) is 0 Å². The number of benzene rings is 3. The van der Waals surface area contributed by atoms with Crippen molar-refractivity contribution in [2.45, 2.75) is 157 Å². The number of hydrogen-bond donors (Lipinski definition) is 0. The van der Waals surface area contributed by atoms with E-state index in [1.807, 2.05) is 54.6 Å². The van der Waals surface area contributed by atoms with E-state index in [-0.39, 0.29) is 87.0 Å². The maximum atomic E-state index is 12.3. The van der Waals surface area contributed by atoms with Gasteiger partial charge in [-0.3, -0.25) is 0 Å². The Morgan fingerprint density at radius 2 is 0.391 bits per heavy atom. The zero-order valence-corrected chi connectivity index (χ0v) is 34.1. The summed E-state index contributed by atoms with van der Waals surface area (Å²) >= 11 is 0. The number of para-hydroxylation sites is 3. The second kappa shape index (κ2) is 15.7. The van der Waals surface area contributed by atoms with E-state index in [0.29, 0.717) is 0 Å². The Bertz CT molecular complexity index is 1140. The van der Waals surface area contributed by atoms with Crippen LogP contribution < -0.4 is 15.3 Å². The molecule has 0 aliphatic heterocycles. The predicted molar refractivity (Wildman–Crippen MR) is 190 cm³/mol. The van der Waals surface area contributed by atoms with Crippen molar-refractivity contribution < 1.29 is 52.6 Å². The Morgan fingerprint density at radius 1 is 0.283 bits per heavy atom. The van der Waals surface area contributed by atoms with Crippen molar-refractivity contribution in [3.63, 3.8) is 0 Å². The Morgan fingerprint density at radius 3 is 0.478 bits per heavy atom. The summed E-state index contributed by atoms with van der Waals surface area (Å²) < 4.78 is 0. The molecule has 0 fully saturated rings. The summed E-state index contributed by atoms with van der Waals surface area (Å²) in [6, 6.07) is 17.6. The van der Waals surface area contributed by atoms with Gasteiger partial charge in [-0.2, -0.15) is 0 Å². The molecular weight excluding hydrogens is 720 g/mol. The summed E-state index contributed by atoms with van der Waals surface area (Å²) in [6.45, 7) is 37.4. The first-order chi connectivity index (χ1) is 19.9. The average molecular weight is 783 g/mol. The summed E-state index contributed by atoms with van der Waals surface area (Å²) in [6.07, 6.45) is 0. The van der Waals surface area contributed by atoms with E-state index in [1.165, 1.54) is 0 Å². The van der Waals surface area contributed by atoms with Crippen LogP contribution in [0.2, 0.25) is 0 Å². The van der Waals surface area contributed by atoms with Gasteiger partial charge in [0.05, 0.1) is 0 Å². The molecule has 0 saturated heterocycles. The van der Waals surface area contributed by atoms with Gasteiger partial charge in [0.15, 0.2) is 0 Å². The van der Waals surface area contributed by atoms with Gasteiger partial charge in [0.2, 0.25) is 0 Å². The smallest absolute Gasteiger partial charge is 0.872 e. The molecule has 46 heavy (non-hydrogen) atoms. The van der Waals surface area contributed by atoms with Crippen LogP contribution in [0.1, 0.15) is 158 Å². The Labute approximate surface area is 312 Å². The van der Waals surface area contributed by atoms with Gasteiger partial charge in [0, 0.05) is 0 Å². The van der Waals surface area contributed by atoms with E-state index in [0.717, 1.165) is 33.4 Å². The van der Waals surface area contributed by atoms with E-state index in [2.05, 4.69) is 125 Å². The molecule has 3 aromatic carbocycles. The summed E-state index contributed by atoms with van der Waals surface area (Å²) in [5.41, 5.74) is 5.05. The molecule has 0 aromatic heterocycles. The molecule has 0 spiro atoms. The molecule has 0 aliphatic carbocycles. The summed E-state index contributed by atoms with van der Waals surface area (Å²) in [7, 11) is 0. The summed E-state index contributed by atoms with van der Waals surface area (Å²) in [5, 5.41) is 36.8. The molecule has 0 bridgehead atoms. The van der Waals surface area contributed by atoms with Crippen molar-refractivity contribution in [3.8, 4) is 17.2 Å². The fourth-order valence-corrected chi connectivity index (χ4v) is 5.15. The fraction of sp³-hybridized carbons (Fsp3) is 0.571. The van der Waals surface area contributed by atoms with Gasteiger partial charge in [-0.15, -0.1) is 17.2 Å². The third kappa shape index (κ3) is 12.4. The van der Waals surface area contributed by atoms with Gasteiger partial charge < -0.3 is 15.3 Å². The first-order valence-corrected chi connectivity index (χ1v) is 16.3. The van der Waals surface area contributed by atoms with Crippen LogP contribution >= 0.6 is 0 Å². The predicted octanol–water partition coefficient (Wildman–Crippen LogP) is 10.1. The normalized spacial score (nSPS) is 12.7. The Hall–Kier alpha value is -1.69. The second-order valence-corrected chi connectivity index (χ2v) is 18.5. The minimum atomic E-state index is -0.0711. The van der Waals surface area contributed by atoms with Gasteiger partial charge >= 0.3 is 37.3 Å². The fourth-order valence-electron chi connectivity index (χ4n) is 5.15. The molecule has 0 saturated carbocycles. The average Bonchev–Trinajstić information content (AvgIpc) is 2.81. The minimum absolute atomic E-state index is 0. The Balaban J connectivity index is 0.000000653. The van der Waals surface area contributed by atoms with Crippen LogP contribution in [0.5, 0.6) is 17.2 Å². The van der Waals surface area contributed by atoms with Crippen LogP contribution in [0.4, 0.5) is 0 Å². The third-order valence-corrected chi connectivity index (χ3v) is 7.89. The zero-order chi connectivity index (χ0) is 35.6. The van der Waals surface area contributed by atoms with E-state index in [1.54, 1.807) is 0 Å². The molecule has 0 heterocycles. The maximum absolute atomic E-state index is 12.3. The molecule has 261 valence electrons. The maximum Gasteiger partial charge on any atom is 3.00 e. The topological polar surface area (TPSA) is 69.2 Å². The van der Waals surface area contributed by atoms with Gasteiger partial charge in [-0.1, -0.05) is 213 Å². The number of hydrogen-bond acceptors (Lipinski definition) is 3. The van der Waals surface area contributed by atoms with Gasteiger partial charge in [0.25, 0.3) is 0 Å². The quantitative estimate of drug-likeness (QED) is 0.228. The second-order valence-electron chi connectivity index (χ2n) is 18.5. The Kier molecular flexibility index (Phi) is 15.1. The van der Waals surface area contributed by atoms with Crippen molar-refractivity contribution in [2.24, 2.45) is 0 Å². The van der Waals surface area contributed by atoms with Crippen LogP contribution in [0.15, 0.2) is 54.6 Å². The molecule has 0 amide bonds. The van der Waals surface area contributed by atoms with Crippen molar-refractivity contribution >= 4 is 0 Å². The van der Waals surface area contributed by atoms with Crippen LogP contribution in [0.25, 0.3) is 0 Å². The molecule has 4 heteroatoms.